The van der Waals surface area contributed by atoms with Gasteiger partial charge in [-0.15, -0.1) is 0 Å². The minimum absolute atomic E-state index is 0.00854. The lowest BCUT2D eigenvalue weighted by Gasteiger charge is -2.22. The van der Waals surface area contributed by atoms with Crippen molar-refractivity contribution in [1.29, 1.82) is 0 Å². The summed E-state index contributed by atoms with van der Waals surface area (Å²) in [6.45, 7) is 5.97. The second-order valence-corrected chi connectivity index (χ2v) is 8.49. The molecule has 2 N–H and O–H groups in total. The molecule has 1 aliphatic rings. The highest BCUT2D eigenvalue weighted by Gasteiger charge is 2.38. The van der Waals surface area contributed by atoms with Crippen LogP contribution in [0, 0.1) is 0 Å². The first-order valence-corrected chi connectivity index (χ1v) is 12.9. The lowest BCUT2D eigenvalue weighted by molar-refractivity contribution is -0.139. The largest absolute Gasteiger partial charge is 0.506 e. The van der Waals surface area contributed by atoms with Gasteiger partial charge >= 0.3 is 23.9 Å². The standard InChI is InChI=1S/C30H28O12/c1-5-39-21(31)13-19(29(37)41-7-3)15-9-11-17-23(26(15)34)28(36)24-18(25(17)33)12-10-16(27(24)35)20(30(38)42-8-4)14-22(32)40-6-2/h9-14,34-35H,5-8H2,1-4H3/b19-13-,20-14+. The summed E-state index contributed by atoms with van der Waals surface area (Å²) in [4.78, 5) is 76.8. The van der Waals surface area contributed by atoms with E-state index in [1.54, 1.807) is 13.8 Å². The van der Waals surface area contributed by atoms with Crippen molar-refractivity contribution >= 4 is 46.6 Å². The van der Waals surface area contributed by atoms with Gasteiger partial charge in [0.25, 0.3) is 0 Å². The van der Waals surface area contributed by atoms with Crippen molar-refractivity contribution in [3.8, 4) is 11.5 Å². The second kappa shape index (κ2) is 13.4. The predicted molar refractivity (Wildman–Crippen MR) is 146 cm³/mol. The van der Waals surface area contributed by atoms with Crippen molar-refractivity contribution in [2.75, 3.05) is 26.4 Å². The predicted octanol–water partition coefficient (Wildman–Crippen LogP) is 2.89. The maximum Gasteiger partial charge on any atom is 0.339 e. The Hall–Kier alpha value is -5.26. The molecule has 0 unspecified atom stereocenters. The molecule has 0 spiro atoms. The van der Waals surface area contributed by atoms with E-state index in [1.165, 1.54) is 38.1 Å². The number of ketones is 2. The van der Waals surface area contributed by atoms with Crippen molar-refractivity contribution in [3.63, 3.8) is 0 Å². The molecule has 2 aromatic rings. The number of benzene rings is 2. The molecule has 0 atom stereocenters. The Bertz CT molecular complexity index is 1430. The van der Waals surface area contributed by atoms with E-state index in [2.05, 4.69) is 0 Å². The Morgan fingerprint density at radius 3 is 1.29 bits per heavy atom. The van der Waals surface area contributed by atoms with Crippen LogP contribution in [0.25, 0.3) is 11.1 Å². The summed E-state index contributed by atoms with van der Waals surface area (Å²) in [6.07, 6.45) is 1.57. The Balaban J connectivity index is 2.25. The SMILES string of the molecule is CCOC(=O)/C=C(\C(=O)OCC)c1ccc2c(c1O)C(=O)c1c(ccc(/C(=C\C(=O)OCC)C(=O)OCC)c1O)C2=O. The van der Waals surface area contributed by atoms with E-state index in [-0.39, 0.29) is 48.7 Å². The van der Waals surface area contributed by atoms with Crippen molar-refractivity contribution in [2.45, 2.75) is 27.7 Å². The lowest BCUT2D eigenvalue weighted by Crippen LogP contribution is -2.23. The molecule has 0 fully saturated rings. The van der Waals surface area contributed by atoms with Gasteiger partial charge in [-0.05, 0) is 52.0 Å². The van der Waals surface area contributed by atoms with Gasteiger partial charge in [-0.1, -0.05) is 0 Å². The van der Waals surface area contributed by atoms with Gasteiger partial charge in [0.15, 0.2) is 5.78 Å². The molecule has 1 aliphatic carbocycles. The third kappa shape index (κ3) is 6.07. The van der Waals surface area contributed by atoms with Gasteiger partial charge in [0.05, 0.1) is 48.7 Å². The third-order valence-corrected chi connectivity index (χ3v) is 5.97. The minimum Gasteiger partial charge on any atom is -0.506 e. The fraction of sp³-hybridized carbons (Fsp3) is 0.267. The molecular weight excluding hydrogens is 552 g/mol. The van der Waals surface area contributed by atoms with E-state index in [9.17, 15) is 39.0 Å². The molecule has 0 saturated heterocycles. The van der Waals surface area contributed by atoms with Crippen LogP contribution < -0.4 is 0 Å². The molecule has 0 aliphatic heterocycles. The van der Waals surface area contributed by atoms with Crippen LogP contribution >= 0.6 is 0 Å². The van der Waals surface area contributed by atoms with Gasteiger partial charge < -0.3 is 29.2 Å². The van der Waals surface area contributed by atoms with Crippen molar-refractivity contribution in [3.05, 3.63) is 69.8 Å². The Kier molecular flexibility index (Phi) is 9.98. The first-order valence-electron chi connectivity index (χ1n) is 12.9. The second-order valence-electron chi connectivity index (χ2n) is 8.49. The molecular formula is C30H28O12. The average molecular weight is 581 g/mol. The van der Waals surface area contributed by atoms with Crippen molar-refractivity contribution in [2.24, 2.45) is 0 Å². The van der Waals surface area contributed by atoms with Gasteiger partial charge in [-0.2, -0.15) is 0 Å². The van der Waals surface area contributed by atoms with Crippen LogP contribution in [-0.2, 0) is 38.1 Å². The minimum atomic E-state index is -1.03. The number of fused-ring (bicyclic) bond motifs is 2. The number of aromatic hydroxyl groups is 2. The van der Waals surface area contributed by atoms with Crippen LogP contribution in [0.5, 0.6) is 11.5 Å². The molecule has 0 bridgehead atoms. The van der Waals surface area contributed by atoms with E-state index < -0.39 is 69.2 Å². The highest BCUT2D eigenvalue weighted by Crippen LogP contribution is 2.42. The van der Waals surface area contributed by atoms with Crippen LogP contribution in [0.3, 0.4) is 0 Å². The highest BCUT2D eigenvalue weighted by molar-refractivity contribution is 6.32. The Morgan fingerprint density at radius 2 is 0.952 bits per heavy atom. The first-order chi connectivity index (χ1) is 20.0. The summed E-state index contributed by atoms with van der Waals surface area (Å²) in [5.41, 5.74) is -3.12. The van der Waals surface area contributed by atoms with Gasteiger partial charge in [0.2, 0.25) is 5.78 Å². The molecule has 42 heavy (non-hydrogen) atoms. The van der Waals surface area contributed by atoms with Gasteiger partial charge in [0.1, 0.15) is 11.5 Å². The zero-order valence-corrected chi connectivity index (χ0v) is 23.3. The van der Waals surface area contributed by atoms with Crippen molar-refractivity contribution in [1.82, 2.24) is 0 Å². The van der Waals surface area contributed by atoms with Crippen LogP contribution in [0.1, 0.15) is 70.7 Å². The van der Waals surface area contributed by atoms with Gasteiger partial charge in [-0.25, -0.2) is 19.2 Å². The monoisotopic (exact) mass is 580 g/mol. The van der Waals surface area contributed by atoms with E-state index in [4.69, 9.17) is 18.9 Å². The quantitative estimate of drug-likeness (QED) is 0.204. The summed E-state index contributed by atoms with van der Waals surface area (Å²) >= 11 is 0. The topological polar surface area (TPSA) is 180 Å². The average Bonchev–Trinajstić information content (AvgIpc) is 2.94. The van der Waals surface area contributed by atoms with Crippen LogP contribution in [-0.4, -0.2) is 72.1 Å². The number of carbonyl (C=O) groups excluding carboxylic acids is 6. The summed E-state index contributed by atoms with van der Waals surface area (Å²) in [6, 6.07) is 4.70. The van der Waals surface area contributed by atoms with E-state index in [1.807, 2.05) is 0 Å². The van der Waals surface area contributed by atoms with Crippen LogP contribution in [0.4, 0.5) is 0 Å². The van der Waals surface area contributed by atoms with Gasteiger partial charge in [0, 0.05) is 34.4 Å². The summed E-state index contributed by atoms with van der Waals surface area (Å²) < 4.78 is 19.7. The molecule has 3 rings (SSSR count). The van der Waals surface area contributed by atoms with E-state index in [0.29, 0.717) is 0 Å². The normalized spacial score (nSPS) is 12.7. The van der Waals surface area contributed by atoms with E-state index >= 15 is 0 Å². The smallest absolute Gasteiger partial charge is 0.339 e. The summed E-state index contributed by atoms with van der Waals surface area (Å²) in [7, 11) is 0. The first kappa shape index (κ1) is 31.3. The Morgan fingerprint density at radius 1 is 0.595 bits per heavy atom. The molecule has 2 aromatic carbocycles. The molecule has 12 heteroatoms. The molecule has 0 radical (unpaired) electrons. The Labute approximate surface area is 240 Å². The van der Waals surface area contributed by atoms with Crippen LogP contribution in [0.15, 0.2) is 36.4 Å². The number of phenols is 2. The maximum absolute atomic E-state index is 13.8. The maximum atomic E-state index is 13.8. The van der Waals surface area contributed by atoms with Crippen molar-refractivity contribution < 1.29 is 57.9 Å². The molecule has 0 amide bonds. The number of rotatable bonds is 10. The molecule has 12 nitrogen and oxygen atoms in total. The summed E-state index contributed by atoms with van der Waals surface area (Å²) in [5.74, 6) is -7.33. The lowest BCUT2D eigenvalue weighted by atomic mass is 9.80. The zero-order chi connectivity index (χ0) is 31.1. The molecule has 220 valence electrons. The third-order valence-electron chi connectivity index (χ3n) is 5.97. The number of carbonyl (C=O) groups is 6. The molecule has 0 heterocycles. The fourth-order valence-electron chi connectivity index (χ4n) is 4.24. The number of hydrogen-bond acceptors (Lipinski definition) is 12. The zero-order valence-electron chi connectivity index (χ0n) is 23.3. The number of ether oxygens (including phenoxy) is 4. The highest BCUT2D eigenvalue weighted by atomic mass is 16.5. The number of esters is 4. The van der Waals surface area contributed by atoms with Crippen LogP contribution in [0.2, 0.25) is 0 Å². The van der Waals surface area contributed by atoms with E-state index in [0.717, 1.165) is 12.2 Å². The number of phenolic OH excluding ortho intramolecular Hbond substituents is 2. The number of hydrogen-bond donors (Lipinski definition) is 2. The van der Waals surface area contributed by atoms with Gasteiger partial charge in [-0.3, -0.25) is 9.59 Å². The molecule has 0 saturated carbocycles. The molecule has 0 aromatic heterocycles. The summed E-state index contributed by atoms with van der Waals surface area (Å²) in [5, 5.41) is 22.4. The fourth-order valence-corrected chi connectivity index (χ4v) is 4.24.